The van der Waals surface area contributed by atoms with Crippen LogP contribution < -0.4 is 15.7 Å². The average Bonchev–Trinajstić information content (AvgIpc) is 3.53. The van der Waals surface area contributed by atoms with E-state index in [0.29, 0.717) is 27.7 Å². The Hall–Kier alpha value is -3.98. The number of methoxy groups -OCH3 is 1. The summed E-state index contributed by atoms with van der Waals surface area (Å²) < 4.78 is 13.4. The maximum atomic E-state index is 13.2. The smallest absolute Gasteiger partial charge is 0.349 e. The molecule has 0 spiro atoms. The first-order valence-electron chi connectivity index (χ1n) is 10.5. The van der Waals surface area contributed by atoms with Crippen molar-refractivity contribution in [2.45, 2.75) is 19.3 Å². The molecule has 164 valence electrons. The Labute approximate surface area is 191 Å². The van der Waals surface area contributed by atoms with Crippen molar-refractivity contribution in [1.82, 2.24) is 14.8 Å². The van der Waals surface area contributed by atoms with E-state index in [-0.39, 0.29) is 5.56 Å². The second-order valence-electron chi connectivity index (χ2n) is 7.78. The Kier molecular flexibility index (Phi) is 4.51. The summed E-state index contributed by atoms with van der Waals surface area (Å²) in [7, 11) is 1.50. The minimum atomic E-state index is -0.729. The van der Waals surface area contributed by atoms with Gasteiger partial charge < -0.3 is 14.5 Å². The van der Waals surface area contributed by atoms with Crippen LogP contribution in [0.25, 0.3) is 26.3 Å². The molecule has 6 rings (SSSR count). The molecule has 1 aliphatic carbocycles. The first kappa shape index (κ1) is 19.7. The molecule has 1 amide bonds. The largest absolute Gasteiger partial charge is 0.493 e. The second-order valence-corrected chi connectivity index (χ2v) is 8.79. The molecule has 0 radical (unpaired) electrons. The van der Waals surface area contributed by atoms with E-state index in [4.69, 9.17) is 14.3 Å². The van der Waals surface area contributed by atoms with Crippen LogP contribution >= 0.6 is 11.3 Å². The molecule has 33 heavy (non-hydrogen) atoms. The molecule has 3 aromatic heterocycles. The van der Waals surface area contributed by atoms with Gasteiger partial charge in [0.25, 0.3) is 5.91 Å². The van der Waals surface area contributed by atoms with Crippen molar-refractivity contribution in [1.29, 1.82) is 0 Å². The lowest BCUT2D eigenvalue weighted by Crippen LogP contribution is -2.22. The van der Waals surface area contributed by atoms with Crippen LogP contribution in [0.15, 0.2) is 57.7 Å². The van der Waals surface area contributed by atoms with Crippen LogP contribution in [0, 0.1) is 0 Å². The van der Waals surface area contributed by atoms with Gasteiger partial charge in [0, 0.05) is 10.9 Å². The number of ether oxygens (including phenoxy) is 1. The van der Waals surface area contributed by atoms with E-state index < -0.39 is 11.5 Å². The maximum Gasteiger partial charge on any atom is 0.349 e. The fourth-order valence-corrected chi connectivity index (χ4v) is 5.15. The minimum absolute atomic E-state index is 0.0838. The summed E-state index contributed by atoms with van der Waals surface area (Å²) in [5.74, 6) is 0.436. The number of thiazole rings is 1. The molecule has 8 nitrogen and oxygen atoms in total. The Balaban J connectivity index is 1.43. The van der Waals surface area contributed by atoms with Gasteiger partial charge in [-0.1, -0.05) is 35.6 Å². The number of aromatic nitrogens is 3. The lowest BCUT2D eigenvalue weighted by molar-refractivity contribution is 0.102. The van der Waals surface area contributed by atoms with Crippen LogP contribution in [-0.2, 0) is 12.8 Å². The lowest BCUT2D eigenvalue weighted by Gasteiger charge is -2.09. The number of benzene rings is 2. The molecule has 0 atom stereocenters. The zero-order valence-corrected chi connectivity index (χ0v) is 18.4. The molecular formula is C24H18N4O4S. The number of hydrogen-bond acceptors (Lipinski definition) is 7. The van der Waals surface area contributed by atoms with Crippen molar-refractivity contribution in [2.75, 3.05) is 12.4 Å². The average molecular weight is 458 g/mol. The molecule has 1 aliphatic rings. The Morgan fingerprint density at radius 2 is 2.06 bits per heavy atom. The van der Waals surface area contributed by atoms with Gasteiger partial charge in [-0.2, -0.15) is 9.78 Å². The summed E-state index contributed by atoms with van der Waals surface area (Å²) in [6.45, 7) is 0. The summed E-state index contributed by atoms with van der Waals surface area (Å²) in [6.07, 6.45) is 2.62. The Bertz CT molecular complexity index is 1580. The summed E-state index contributed by atoms with van der Waals surface area (Å²) in [5.41, 5.74) is 2.29. The molecular weight excluding hydrogens is 440 g/mol. The number of carbonyl (C=O) groups excluding carboxylic acids is 1. The number of para-hydroxylation sites is 2. The number of fused-ring (bicyclic) bond motifs is 3. The molecule has 0 fully saturated rings. The molecule has 1 N–H and O–H groups in total. The van der Waals surface area contributed by atoms with Gasteiger partial charge in [-0.05, 0) is 43.5 Å². The molecule has 2 aromatic carbocycles. The maximum absolute atomic E-state index is 13.2. The summed E-state index contributed by atoms with van der Waals surface area (Å²) >= 11 is 1.50. The lowest BCUT2D eigenvalue weighted by atomic mass is 10.1. The number of nitrogens with zero attached hydrogens (tertiary/aromatic N) is 3. The zero-order valence-electron chi connectivity index (χ0n) is 17.6. The molecule has 0 saturated carbocycles. The normalized spacial score (nSPS) is 12.9. The summed E-state index contributed by atoms with van der Waals surface area (Å²) in [5, 5.41) is 8.91. The first-order chi connectivity index (χ1) is 16.1. The van der Waals surface area contributed by atoms with Crippen molar-refractivity contribution in [3.8, 4) is 10.9 Å². The van der Waals surface area contributed by atoms with E-state index in [0.717, 1.165) is 40.7 Å². The van der Waals surface area contributed by atoms with E-state index in [1.807, 2.05) is 24.3 Å². The van der Waals surface area contributed by atoms with Crippen molar-refractivity contribution < 1.29 is 13.9 Å². The molecule has 0 aliphatic heterocycles. The second kappa shape index (κ2) is 7.56. The number of carbonyl (C=O) groups is 1. The van der Waals surface area contributed by atoms with Gasteiger partial charge in [0.15, 0.2) is 11.3 Å². The third-order valence-electron chi connectivity index (χ3n) is 5.79. The van der Waals surface area contributed by atoms with Gasteiger partial charge in [-0.25, -0.2) is 9.78 Å². The highest BCUT2D eigenvalue weighted by Crippen LogP contribution is 2.34. The number of aryl methyl sites for hydroxylation is 1. The van der Waals surface area contributed by atoms with Gasteiger partial charge in [0.2, 0.25) is 5.13 Å². The predicted molar refractivity (Wildman–Crippen MR) is 126 cm³/mol. The minimum Gasteiger partial charge on any atom is -0.493 e. The van der Waals surface area contributed by atoms with Crippen LogP contribution in [0.2, 0.25) is 0 Å². The molecule has 9 heteroatoms. The third kappa shape index (κ3) is 3.20. The van der Waals surface area contributed by atoms with Gasteiger partial charge in [0.05, 0.1) is 23.0 Å². The highest BCUT2D eigenvalue weighted by Gasteiger charge is 2.27. The van der Waals surface area contributed by atoms with E-state index in [2.05, 4.69) is 10.3 Å². The van der Waals surface area contributed by atoms with Crippen LogP contribution in [0.1, 0.15) is 28.0 Å². The monoisotopic (exact) mass is 458 g/mol. The van der Waals surface area contributed by atoms with Crippen LogP contribution in [0.4, 0.5) is 5.82 Å². The van der Waals surface area contributed by atoms with E-state index in [9.17, 15) is 9.59 Å². The van der Waals surface area contributed by atoms with Gasteiger partial charge in [-0.15, -0.1) is 0 Å². The van der Waals surface area contributed by atoms with E-state index >= 15 is 0 Å². The van der Waals surface area contributed by atoms with Crippen LogP contribution in [-0.4, -0.2) is 27.8 Å². The third-order valence-corrected chi connectivity index (χ3v) is 6.80. The number of rotatable bonds is 4. The Morgan fingerprint density at radius 1 is 1.18 bits per heavy atom. The number of anilines is 1. The Morgan fingerprint density at radius 3 is 2.91 bits per heavy atom. The molecule has 0 saturated heterocycles. The fourth-order valence-electron chi connectivity index (χ4n) is 4.22. The van der Waals surface area contributed by atoms with Crippen LogP contribution in [0.5, 0.6) is 5.75 Å². The molecule has 3 heterocycles. The van der Waals surface area contributed by atoms with Gasteiger partial charge in [0.1, 0.15) is 11.4 Å². The highest BCUT2D eigenvalue weighted by atomic mass is 32.1. The summed E-state index contributed by atoms with van der Waals surface area (Å²) in [4.78, 5) is 30.6. The van der Waals surface area contributed by atoms with E-state index in [1.54, 1.807) is 22.9 Å². The highest BCUT2D eigenvalue weighted by molar-refractivity contribution is 7.20. The first-order valence-corrected chi connectivity index (χ1v) is 11.3. The number of hydrogen-bond donors (Lipinski definition) is 1. The van der Waals surface area contributed by atoms with Crippen LogP contribution in [0.3, 0.4) is 0 Å². The van der Waals surface area contributed by atoms with Crippen molar-refractivity contribution >= 4 is 44.2 Å². The van der Waals surface area contributed by atoms with Crippen molar-refractivity contribution in [2.24, 2.45) is 0 Å². The molecule has 5 aromatic rings. The predicted octanol–water partition coefficient (Wildman–Crippen LogP) is 4.34. The number of nitrogens with one attached hydrogen (secondary N) is 1. The SMILES string of the molecule is COc1cccc2cc(C(=O)Nc3c4c(nn3-c3nc5ccccc5s3)CCC4)c(=O)oc12. The number of amides is 1. The summed E-state index contributed by atoms with van der Waals surface area (Å²) in [6, 6.07) is 14.6. The molecule has 0 unspecified atom stereocenters. The fraction of sp³-hybridized carbons (Fsp3) is 0.167. The van der Waals surface area contributed by atoms with E-state index in [1.165, 1.54) is 24.5 Å². The van der Waals surface area contributed by atoms with Crippen molar-refractivity contribution in [3.05, 3.63) is 75.8 Å². The van der Waals surface area contributed by atoms with Gasteiger partial charge >= 0.3 is 5.63 Å². The topological polar surface area (TPSA) is 99.2 Å². The zero-order chi connectivity index (χ0) is 22.5. The van der Waals surface area contributed by atoms with Gasteiger partial charge in [-0.3, -0.25) is 4.79 Å². The quantitative estimate of drug-likeness (QED) is 0.402. The van der Waals surface area contributed by atoms with Crippen molar-refractivity contribution in [3.63, 3.8) is 0 Å². The molecule has 0 bridgehead atoms. The standard InChI is InChI=1S/C24H18N4O4S/c1-31-18-10-4-6-13-12-15(23(30)32-20(13)18)22(29)26-21-14-7-5-9-16(14)27-28(21)24-25-17-8-2-3-11-19(17)33-24/h2-4,6,8,10-12H,5,7,9H2,1H3,(H,26,29).